The number of carboxylic acids is 1. The molecule has 1 aromatic rings. The molecule has 0 radical (unpaired) electrons. The van der Waals surface area contributed by atoms with Gasteiger partial charge in [0.05, 0.1) is 11.5 Å². The van der Waals surface area contributed by atoms with Crippen molar-refractivity contribution in [3.05, 3.63) is 35.1 Å². The third-order valence-electron chi connectivity index (χ3n) is 5.12. The Morgan fingerprint density at radius 2 is 1.79 bits per heavy atom. The molecular formula is C18H20F4N2O3S. The van der Waals surface area contributed by atoms with Gasteiger partial charge in [-0.15, -0.1) is 0 Å². The van der Waals surface area contributed by atoms with Gasteiger partial charge in [0.15, 0.2) is 0 Å². The molecule has 2 unspecified atom stereocenters. The number of alkyl halides is 3. The molecule has 154 valence electrons. The zero-order valence-electron chi connectivity index (χ0n) is 14.9. The molecule has 10 heteroatoms. The monoisotopic (exact) mass is 420 g/mol. The Balaban J connectivity index is 1.82. The molecule has 5 nitrogen and oxygen atoms in total. The number of nitrogens with zero attached hydrogens (tertiary/aromatic N) is 2. The first-order valence-corrected chi connectivity index (χ1v) is 10.0. The number of halogens is 4. The van der Waals surface area contributed by atoms with Gasteiger partial charge in [0.25, 0.3) is 0 Å². The average Bonchev–Trinajstić information content (AvgIpc) is 2.66. The van der Waals surface area contributed by atoms with Gasteiger partial charge >= 0.3 is 18.2 Å². The first-order chi connectivity index (χ1) is 13.2. The van der Waals surface area contributed by atoms with E-state index in [1.165, 1.54) is 11.0 Å². The van der Waals surface area contributed by atoms with Gasteiger partial charge in [-0.3, -0.25) is 4.79 Å². The van der Waals surface area contributed by atoms with Gasteiger partial charge in [0, 0.05) is 43.6 Å². The van der Waals surface area contributed by atoms with E-state index >= 15 is 0 Å². The highest BCUT2D eigenvalue weighted by molar-refractivity contribution is 7.99. The molecule has 2 atom stereocenters. The maximum absolute atomic E-state index is 14.0. The molecule has 0 bridgehead atoms. The lowest BCUT2D eigenvalue weighted by Crippen LogP contribution is -2.52. The number of benzene rings is 1. The van der Waals surface area contributed by atoms with E-state index in [1.54, 1.807) is 16.7 Å². The van der Waals surface area contributed by atoms with Crippen LogP contribution in [-0.2, 0) is 11.0 Å². The zero-order chi connectivity index (χ0) is 20.5. The maximum atomic E-state index is 14.0. The van der Waals surface area contributed by atoms with Gasteiger partial charge in [0.2, 0.25) is 0 Å². The van der Waals surface area contributed by atoms with E-state index in [9.17, 15) is 32.3 Å². The summed E-state index contributed by atoms with van der Waals surface area (Å²) in [6.07, 6.45) is -4.66. The molecule has 2 heterocycles. The summed E-state index contributed by atoms with van der Waals surface area (Å²) in [7, 11) is 0. The Kier molecular flexibility index (Phi) is 6.07. The van der Waals surface area contributed by atoms with E-state index in [2.05, 4.69) is 0 Å². The molecule has 2 amide bonds. The topological polar surface area (TPSA) is 60.9 Å². The summed E-state index contributed by atoms with van der Waals surface area (Å²) in [4.78, 5) is 27.4. The summed E-state index contributed by atoms with van der Waals surface area (Å²) in [6, 6.07) is 2.37. The lowest BCUT2D eigenvalue weighted by atomic mass is 9.84. The summed E-state index contributed by atoms with van der Waals surface area (Å²) in [5.74, 6) is -2.27. The van der Waals surface area contributed by atoms with Crippen molar-refractivity contribution in [2.24, 2.45) is 5.92 Å². The van der Waals surface area contributed by atoms with Gasteiger partial charge in [-0.1, -0.05) is 6.07 Å². The Bertz CT molecular complexity index is 753. The van der Waals surface area contributed by atoms with Crippen molar-refractivity contribution >= 4 is 23.8 Å². The number of piperidine rings is 1. The highest BCUT2D eigenvalue weighted by atomic mass is 32.2. The smallest absolute Gasteiger partial charge is 0.419 e. The van der Waals surface area contributed by atoms with Crippen LogP contribution in [0.3, 0.4) is 0 Å². The number of aliphatic carboxylic acids is 1. The SMILES string of the molecule is O=C(O)C1CC(c2ccc(C(F)(F)F)c(F)c2)CN(C(=O)N2CCSCC2)C1. The van der Waals surface area contributed by atoms with Crippen molar-refractivity contribution in [2.75, 3.05) is 37.7 Å². The summed E-state index contributed by atoms with van der Waals surface area (Å²) in [5, 5.41) is 9.44. The number of likely N-dealkylation sites (tertiary alicyclic amines) is 1. The van der Waals surface area contributed by atoms with Crippen LogP contribution in [0.15, 0.2) is 18.2 Å². The highest BCUT2D eigenvalue weighted by Gasteiger charge is 2.38. The molecule has 1 N–H and O–H groups in total. The zero-order valence-corrected chi connectivity index (χ0v) is 15.7. The highest BCUT2D eigenvalue weighted by Crippen LogP contribution is 2.36. The first kappa shape index (κ1) is 20.8. The summed E-state index contributed by atoms with van der Waals surface area (Å²) < 4.78 is 52.3. The lowest BCUT2D eigenvalue weighted by molar-refractivity contribution is -0.143. The minimum Gasteiger partial charge on any atom is -0.481 e. The quantitative estimate of drug-likeness (QED) is 0.744. The summed E-state index contributed by atoms with van der Waals surface area (Å²) >= 11 is 1.73. The van der Waals surface area contributed by atoms with E-state index in [0.29, 0.717) is 19.2 Å². The number of carbonyl (C=O) groups excluding carboxylic acids is 1. The first-order valence-electron chi connectivity index (χ1n) is 8.88. The van der Waals surface area contributed by atoms with Crippen LogP contribution in [0.5, 0.6) is 0 Å². The number of thioether (sulfide) groups is 1. The molecule has 28 heavy (non-hydrogen) atoms. The number of amides is 2. The van der Waals surface area contributed by atoms with Crippen molar-refractivity contribution in [1.82, 2.24) is 9.80 Å². The second-order valence-corrected chi connectivity index (χ2v) is 8.22. The van der Waals surface area contributed by atoms with Crippen molar-refractivity contribution < 1.29 is 32.3 Å². The van der Waals surface area contributed by atoms with E-state index in [4.69, 9.17) is 0 Å². The third kappa shape index (κ3) is 4.53. The van der Waals surface area contributed by atoms with E-state index in [1.807, 2.05) is 0 Å². The fraction of sp³-hybridized carbons (Fsp3) is 0.556. The Hall–Kier alpha value is -1.97. The molecular weight excluding hydrogens is 400 g/mol. The Morgan fingerprint density at radius 1 is 1.11 bits per heavy atom. The van der Waals surface area contributed by atoms with Gasteiger partial charge in [-0.2, -0.15) is 24.9 Å². The number of carbonyl (C=O) groups is 2. The van der Waals surface area contributed by atoms with Crippen LogP contribution in [0.2, 0.25) is 0 Å². The number of rotatable bonds is 2. The van der Waals surface area contributed by atoms with Gasteiger partial charge in [-0.05, 0) is 24.1 Å². The number of carboxylic acid groups (broad SMARTS) is 1. The minimum atomic E-state index is -4.80. The predicted octanol–water partition coefficient (Wildman–Crippen LogP) is 3.50. The minimum absolute atomic E-state index is 0.0391. The van der Waals surface area contributed by atoms with Crippen molar-refractivity contribution in [1.29, 1.82) is 0 Å². The maximum Gasteiger partial charge on any atom is 0.419 e. The fourth-order valence-corrected chi connectivity index (χ4v) is 4.55. The van der Waals surface area contributed by atoms with Crippen LogP contribution in [0, 0.1) is 11.7 Å². The molecule has 2 aliphatic rings. The number of urea groups is 1. The van der Waals surface area contributed by atoms with Crippen molar-refractivity contribution in [3.8, 4) is 0 Å². The molecule has 2 saturated heterocycles. The van der Waals surface area contributed by atoms with Crippen LogP contribution in [0.25, 0.3) is 0 Å². The molecule has 0 saturated carbocycles. The normalized spacial score (nSPS) is 23.6. The van der Waals surface area contributed by atoms with Crippen molar-refractivity contribution in [2.45, 2.75) is 18.5 Å². The van der Waals surface area contributed by atoms with E-state index in [0.717, 1.165) is 17.6 Å². The molecule has 3 rings (SSSR count). The number of hydrogen-bond acceptors (Lipinski definition) is 3. The predicted molar refractivity (Wildman–Crippen MR) is 95.8 cm³/mol. The fourth-order valence-electron chi connectivity index (χ4n) is 3.65. The Labute approximate surface area is 163 Å². The third-order valence-corrected chi connectivity index (χ3v) is 6.06. The van der Waals surface area contributed by atoms with Crippen LogP contribution < -0.4 is 0 Å². The van der Waals surface area contributed by atoms with Gasteiger partial charge in [0.1, 0.15) is 5.82 Å². The second-order valence-electron chi connectivity index (χ2n) is 6.99. The van der Waals surface area contributed by atoms with Crippen LogP contribution >= 0.6 is 11.8 Å². The van der Waals surface area contributed by atoms with E-state index < -0.39 is 35.4 Å². The molecule has 0 spiro atoms. The lowest BCUT2D eigenvalue weighted by Gasteiger charge is -2.40. The van der Waals surface area contributed by atoms with Crippen LogP contribution in [-0.4, -0.2) is 64.6 Å². The molecule has 0 aliphatic carbocycles. The second kappa shape index (κ2) is 8.18. The number of hydrogen-bond donors (Lipinski definition) is 1. The van der Waals surface area contributed by atoms with Crippen LogP contribution in [0.1, 0.15) is 23.5 Å². The molecule has 1 aromatic carbocycles. The summed E-state index contributed by atoms with van der Waals surface area (Å²) in [6.45, 7) is 1.32. The molecule has 2 aliphatic heterocycles. The standard InChI is InChI=1S/C18H20F4N2O3S/c19-15-8-11(1-2-14(15)18(20,21)22)12-7-13(16(25)26)10-24(9-12)17(27)23-3-5-28-6-4-23/h1-2,8,12-13H,3-7,9-10H2,(H,25,26). The largest absolute Gasteiger partial charge is 0.481 e. The van der Waals surface area contributed by atoms with Gasteiger partial charge in [-0.25, -0.2) is 9.18 Å². The van der Waals surface area contributed by atoms with Crippen LogP contribution in [0.4, 0.5) is 22.4 Å². The van der Waals surface area contributed by atoms with E-state index in [-0.39, 0.29) is 31.1 Å². The molecule has 0 aromatic heterocycles. The summed E-state index contributed by atoms with van der Waals surface area (Å²) in [5.41, 5.74) is -1.09. The average molecular weight is 420 g/mol. The van der Waals surface area contributed by atoms with Gasteiger partial charge < -0.3 is 14.9 Å². The molecule has 2 fully saturated rings. The Morgan fingerprint density at radius 3 is 2.36 bits per heavy atom. The van der Waals surface area contributed by atoms with Crippen molar-refractivity contribution in [3.63, 3.8) is 0 Å².